The molecule has 1 aliphatic rings. The molecule has 1 N–H and O–H groups in total. The average molecular weight is 228 g/mol. The van der Waals surface area contributed by atoms with Crippen molar-refractivity contribution in [1.82, 2.24) is 0 Å². The first kappa shape index (κ1) is 10.7. The summed E-state index contributed by atoms with van der Waals surface area (Å²) in [7, 11) is 0. The Morgan fingerprint density at radius 2 is 2.00 bits per heavy atom. The monoisotopic (exact) mass is 228 g/mol. The summed E-state index contributed by atoms with van der Waals surface area (Å²) in [4.78, 5) is 10.7. The van der Waals surface area contributed by atoms with Crippen LogP contribution in [0.2, 0.25) is 0 Å². The maximum absolute atomic E-state index is 12.4. The third-order valence-corrected chi connectivity index (χ3v) is 2.46. The Labute approximate surface area is 89.0 Å². The maximum atomic E-state index is 12.4. The van der Waals surface area contributed by atoms with Gasteiger partial charge in [-0.25, -0.2) is 4.79 Å². The van der Waals surface area contributed by atoms with Crippen molar-refractivity contribution < 1.29 is 23.1 Å². The zero-order chi connectivity index (χ0) is 11.9. The standard InChI is InChI=1S/C11H7F3O2/c12-11(13,14)9-2-1-6-3-8(10(15)16)4-7(6)5-9/h1-2,4-5H,3H2,(H,15,16). The number of carboxylic acid groups (broad SMARTS) is 1. The number of alkyl halides is 3. The molecule has 2 rings (SSSR count). The van der Waals surface area contributed by atoms with Crippen LogP contribution in [-0.2, 0) is 17.4 Å². The fourth-order valence-electron chi connectivity index (χ4n) is 1.65. The highest BCUT2D eigenvalue weighted by molar-refractivity contribution is 5.95. The molecule has 1 aromatic carbocycles. The van der Waals surface area contributed by atoms with Gasteiger partial charge in [0.25, 0.3) is 0 Å². The van der Waals surface area contributed by atoms with Gasteiger partial charge >= 0.3 is 12.1 Å². The highest BCUT2D eigenvalue weighted by Gasteiger charge is 2.31. The van der Waals surface area contributed by atoms with Crippen LogP contribution in [0.15, 0.2) is 23.8 Å². The summed E-state index contributed by atoms with van der Waals surface area (Å²) in [5, 5.41) is 8.72. The summed E-state index contributed by atoms with van der Waals surface area (Å²) >= 11 is 0. The van der Waals surface area contributed by atoms with Crippen LogP contribution < -0.4 is 0 Å². The van der Waals surface area contributed by atoms with Gasteiger partial charge in [0.05, 0.1) is 5.56 Å². The summed E-state index contributed by atoms with van der Waals surface area (Å²) < 4.78 is 37.1. The van der Waals surface area contributed by atoms with Crippen LogP contribution in [0.1, 0.15) is 16.7 Å². The quantitative estimate of drug-likeness (QED) is 0.802. The largest absolute Gasteiger partial charge is 0.478 e. The second-order valence-corrected chi connectivity index (χ2v) is 3.56. The summed E-state index contributed by atoms with van der Waals surface area (Å²) in [5.74, 6) is -1.09. The van der Waals surface area contributed by atoms with Gasteiger partial charge < -0.3 is 5.11 Å². The van der Waals surface area contributed by atoms with Crippen LogP contribution in [0.25, 0.3) is 6.08 Å². The van der Waals surface area contributed by atoms with Gasteiger partial charge in [0, 0.05) is 12.0 Å². The highest BCUT2D eigenvalue weighted by atomic mass is 19.4. The van der Waals surface area contributed by atoms with Crippen molar-refractivity contribution in [3.05, 3.63) is 40.5 Å². The van der Waals surface area contributed by atoms with Crippen LogP contribution in [0, 0.1) is 0 Å². The summed E-state index contributed by atoms with van der Waals surface area (Å²) in [5.41, 5.74) is 0.320. The van der Waals surface area contributed by atoms with Crippen molar-refractivity contribution in [2.24, 2.45) is 0 Å². The first-order chi connectivity index (χ1) is 7.38. The van der Waals surface area contributed by atoms with Gasteiger partial charge in [0.15, 0.2) is 0 Å². The number of carbonyl (C=O) groups is 1. The zero-order valence-electron chi connectivity index (χ0n) is 8.01. The van der Waals surface area contributed by atoms with Gasteiger partial charge in [-0.3, -0.25) is 0 Å². The molecular formula is C11H7F3O2. The molecule has 0 atom stereocenters. The minimum Gasteiger partial charge on any atom is -0.478 e. The number of hydrogen-bond acceptors (Lipinski definition) is 1. The molecule has 0 fully saturated rings. The lowest BCUT2D eigenvalue weighted by molar-refractivity contribution is -0.137. The molecule has 0 amide bonds. The third kappa shape index (κ3) is 1.80. The SMILES string of the molecule is O=C(O)C1=Cc2cc(C(F)(F)F)ccc2C1. The average Bonchev–Trinajstić information content (AvgIpc) is 2.58. The van der Waals surface area contributed by atoms with E-state index in [1.807, 2.05) is 0 Å². The van der Waals surface area contributed by atoms with E-state index in [1.165, 1.54) is 12.1 Å². The number of hydrogen-bond donors (Lipinski definition) is 1. The first-order valence-corrected chi connectivity index (χ1v) is 4.52. The molecule has 0 saturated carbocycles. The Bertz CT molecular complexity index is 486. The molecule has 0 aromatic heterocycles. The smallest absolute Gasteiger partial charge is 0.416 e. The van der Waals surface area contributed by atoms with Gasteiger partial charge in [-0.05, 0) is 29.3 Å². The summed E-state index contributed by atoms with van der Waals surface area (Å²) in [6.07, 6.45) is -2.93. The van der Waals surface area contributed by atoms with E-state index >= 15 is 0 Å². The van der Waals surface area contributed by atoms with Crippen molar-refractivity contribution in [1.29, 1.82) is 0 Å². The van der Waals surface area contributed by atoms with Crippen molar-refractivity contribution in [2.45, 2.75) is 12.6 Å². The molecule has 84 valence electrons. The van der Waals surface area contributed by atoms with Gasteiger partial charge in [-0.1, -0.05) is 6.07 Å². The number of aliphatic carboxylic acids is 1. The lowest BCUT2D eigenvalue weighted by Gasteiger charge is -2.07. The van der Waals surface area contributed by atoms with Crippen LogP contribution in [0.3, 0.4) is 0 Å². The number of halogens is 3. The molecule has 2 nitrogen and oxygen atoms in total. The first-order valence-electron chi connectivity index (χ1n) is 4.52. The Balaban J connectivity index is 2.42. The molecule has 0 heterocycles. The Kier molecular flexibility index (Phi) is 2.26. The van der Waals surface area contributed by atoms with Gasteiger partial charge in [-0.15, -0.1) is 0 Å². The Hall–Kier alpha value is -1.78. The highest BCUT2D eigenvalue weighted by Crippen LogP contribution is 2.33. The summed E-state index contributed by atoms with van der Waals surface area (Å²) in [6, 6.07) is 3.27. The van der Waals surface area contributed by atoms with E-state index in [-0.39, 0.29) is 12.0 Å². The fourth-order valence-corrected chi connectivity index (χ4v) is 1.65. The van der Waals surface area contributed by atoms with Crippen LogP contribution in [-0.4, -0.2) is 11.1 Å². The van der Waals surface area contributed by atoms with E-state index in [0.717, 1.165) is 12.1 Å². The van der Waals surface area contributed by atoms with Gasteiger partial charge in [0.2, 0.25) is 0 Å². The van der Waals surface area contributed by atoms with E-state index in [0.29, 0.717) is 11.1 Å². The van der Waals surface area contributed by atoms with E-state index in [1.54, 1.807) is 0 Å². The second-order valence-electron chi connectivity index (χ2n) is 3.56. The van der Waals surface area contributed by atoms with Crippen LogP contribution >= 0.6 is 0 Å². The third-order valence-electron chi connectivity index (χ3n) is 2.46. The van der Waals surface area contributed by atoms with Gasteiger partial charge in [0.1, 0.15) is 0 Å². The van der Waals surface area contributed by atoms with Gasteiger partial charge in [-0.2, -0.15) is 13.2 Å². The molecular weight excluding hydrogens is 221 g/mol. The van der Waals surface area contributed by atoms with Crippen molar-refractivity contribution in [3.63, 3.8) is 0 Å². The number of carboxylic acids is 1. The second kappa shape index (κ2) is 3.37. The van der Waals surface area contributed by atoms with Crippen molar-refractivity contribution in [2.75, 3.05) is 0 Å². The molecule has 0 spiro atoms. The van der Waals surface area contributed by atoms with E-state index < -0.39 is 17.7 Å². The molecule has 0 unspecified atom stereocenters. The topological polar surface area (TPSA) is 37.3 Å². The van der Waals surface area contributed by atoms with Crippen LogP contribution in [0.4, 0.5) is 13.2 Å². The van der Waals surface area contributed by atoms with Crippen LogP contribution in [0.5, 0.6) is 0 Å². The molecule has 16 heavy (non-hydrogen) atoms. The molecule has 0 bridgehead atoms. The maximum Gasteiger partial charge on any atom is 0.416 e. The van der Waals surface area contributed by atoms with Crippen molar-refractivity contribution in [3.8, 4) is 0 Å². The lowest BCUT2D eigenvalue weighted by atomic mass is 10.1. The predicted molar refractivity (Wildman–Crippen MR) is 50.8 cm³/mol. The Morgan fingerprint density at radius 1 is 1.31 bits per heavy atom. The zero-order valence-corrected chi connectivity index (χ0v) is 8.01. The van der Waals surface area contributed by atoms with E-state index in [9.17, 15) is 18.0 Å². The van der Waals surface area contributed by atoms with E-state index in [2.05, 4.69) is 0 Å². The molecule has 0 saturated heterocycles. The lowest BCUT2D eigenvalue weighted by Crippen LogP contribution is -2.05. The molecule has 0 aliphatic heterocycles. The van der Waals surface area contributed by atoms with E-state index in [4.69, 9.17) is 5.11 Å². The number of benzene rings is 1. The fraction of sp³-hybridized carbons (Fsp3) is 0.182. The molecule has 5 heteroatoms. The minimum absolute atomic E-state index is 0.120. The predicted octanol–water partition coefficient (Wildman–Crippen LogP) is 2.73. The molecule has 1 aliphatic carbocycles. The Morgan fingerprint density at radius 3 is 2.56 bits per heavy atom. The van der Waals surface area contributed by atoms with Crippen molar-refractivity contribution >= 4 is 12.0 Å². The normalized spacial score (nSPS) is 14.6. The number of rotatable bonds is 1. The molecule has 0 radical (unpaired) electrons. The number of fused-ring (bicyclic) bond motifs is 1. The minimum atomic E-state index is -4.39. The summed E-state index contributed by atoms with van der Waals surface area (Å²) in [6.45, 7) is 0. The molecule has 1 aromatic rings.